The monoisotopic (exact) mass is 570 g/mol. The van der Waals surface area contributed by atoms with Gasteiger partial charge in [0.2, 0.25) is 0 Å². The summed E-state index contributed by atoms with van der Waals surface area (Å²) < 4.78 is 11.3. The molecular formula is C28H24Cl2N2O5S. The highest BCUT2D eigenvalue weighted by molar-refractivity contribution is 8.18. The summed E-state index contributed by atoms with van der Waals surface area (Å²) >= 11 is 13.2. The van der Waals surface area contributed by atoms with E-state index in [1.165, 1.54) is 4.90 Å². The van der Waals surface area contributed by atoms with Gasteiger partial charge in [-0.15, -0.1) is 0 Å². The van der Waals surface area contributed by atoms with Gasteiger partial charge in [0.25, 0.3) is 17.1 Å². The zero-order valence-corrected chi connectivity index (χ0v) is 23.0. The van der Waals surface area contributed by atoms with E-state index in [1.54, 1.807) is 48.5 Å². The van der Waals surface area contributed by atoms with Gasteiger partial charge in [0.15, 0.2) is 6.61 Å². The lowest BCUT2D eigenvalue weighted by Gasteiger charge is -2.14. The zero-order valence-electron chi connectivity index (χ0n) is 20.6. The molecule has 0 spiro atoms. The topological polar surface area (TPSA) is 84.9 Å². The second-order valence-corrected chi connectivity index (χ2v) is 10.3. The van der Waals surface area contributed by atoms with Crippen molar-refractivity contribution in [1.82, 2.24) is 4.90 Å². The number of anilines is 1. The van der Waals surface area contributed by atoms with E-state index < -0.39 is 11.8 Å². The van der Waals surface area contributed by atoms with Gasteiger partial charge in [-0.1, -0.05) is 53.5 Å². The molecule has 1 fully saturated rings. The minimum Gasteiger partial charge on any atom is -0.491 e. The largest absolute Gasteiger partial charge is 0.491 e. The third kappa shape index (κ3) is 6.89. The average Bonchev–Trinajstić information content (AvgIpc) is 3.14. The second-order valence-electron chi connectivity index (χ2n) is 8.46. The van der Waals surface area contributed by atoms with Gasteiger partial charge in [-0.3, -0.25) is 19.3 Å². The molecule has 0 radical (unpaired) electrons. The van der Waals surface area contributed by atoms with E-state index in [-0.39, 0.29) is 34.9 Å². The molecule has 0 atom stereocenters. The highest BCUT2D eigenvalue weighted by atomic mass is 35.5. The second kappa shape index (κ2) is 12.4. The van der Waals surface area contributed by atoms with Crippen molar-refractivity contribution in [2.75, 3.05) is 25.1 Å². The predicted octanol–water partition coefficient (Wildman–Crippen LogP) is 6.74. The van der Waals surface area contributed by atoms with Gasteiger partial charge in [-0.05, 0) is 78.7 Å². The van der Waals surface area contributed by atoms with Crippen LogP contribution in [0.4, 0.5) is 10.5 Å². The molecule has 0 bridgehead atoms. The van der Waals surface area contributed by atoms with Crippen LogP contribution in [-0.4, -0.2) is 41.7 Å². The molecule has 0 unspecified atom stereocenters. The van der Waals surface area contributed by atoms with E-state index in [2.05, 4.69) is 5.32 Å². The molecule has 10 heteroatoms. The summed E-state index contributed by atoms with van der Waals surface area (Å²) in [5.41, 5.74) is 3.14. The number of rotatable bonds is 9. The SMILES string of the molecule is Cc1ccc(C)c(OCCN2C(=O)S/C(=C\c3ccc(OCC(=O)Nc4ccccc4Cl)c(Cl)c3)C2=O)c1. The van der Waals surface area contributed by atoms with Crippen molar-refractivity contribution < 1.29 is 23.9 Å². The molecule has 1 heterocycles. The third-order valence-electron chi connectivity index (χ3n) is 5.55. The number of thioether (sulfide) groups is 1. The molecule has 3 aromatic carbocycles. The van der Waals surface area contributed by atoms with Gasteiger partial charge < -0.3 is 14.8 Å². The molecule has 0 aromatic heterocycles. The van der Waals surface area contributed by atoms with Gasteiger partial charge in [-0.25, -0.2) is 0 Å². The number of carbonyl (C=O) groups is 3. The predicted molar refractivity (Wildman–Crippen MR) is 151 cm³/mol. The molecule has 3 aromatic rings. The maximum Gasteiger partial charge on any atom is 0.293 e. The molecule has 1 N–H and O–H groups in total. The summed E-state index contributed by atoms with van der Waals surface area (Å²) in [5, 5.41) is 2.98. The lowest BCUT2D eigenvalue weighted by atomic mass is 10.1. The molecule has 196 valence electrons. The van der Waals surface area contributed by atoms with Crippen molar-refractivity contribution in [1.29, 1.82) is 0 Å². The number of para-hydroxylation sites is 1. The molecule has 1 aliphatic heterocycles. The third-order valence-corrected chi connectivity index (χ3v) is 7.08. The lowest BCUT2D eigenvalue weighted by molar-refractivity contribution is -0.123. The normalized spacial score (nSPS) is 14.2. The van der Waals surface area contributed by atoms with E-state index in [0.717, 1.165) is 28.6 Å². The number of ether oxygens (including phenoxy) is 2. The van der Waals surface area contributed by atoms with E-state index in [4.69, 9.17) is 32.7 Å². The summed E-state index contributed by atoms with van der Waals surface area (Å²) in [6, 6.07) is 17.6. The molecule has 3 amide bonds. The van der Waals surface area contributed by atoms with Crippen LogP contribution >= 0.6 is 35.0 Å². The number of benzene rings is 3. The lowest BCUT2D eigenvalue weighted by Crippen LogP contribution is -2.32. The van der Waals surface area contributed by atoms with Crippen LogP contribution < -0.4 is 14.8 Å². The number of nitrogens with zero attached hydrogens (tertiary/aromatic N) is 1. The van der Waals surface area contributed by atoms with Crippen LogP contribution in [0.5, 0.6) is 11.5 Å². The first-order chi connectivity index (χ1) is 18.2. The minimum absolute atomic E-state index is 0.138. The fourth-order valence-corrected chi connectivity index (χ4v) is 4.86. The van der Waals surface area contributed by atoms with E-state index >= 15 is 0 Å². The quantitative estimate of drug-likeness (QED) is 0.286. The fraction of sp³-hybridized carbons (Fsp3) is 0.179. The van der Waals surface area contributed by atoms with E-state index in [0.29, 0.717) is 22.0 Å². The summed E-state index contributed by atoms with van der Waals surface area (Å²) in [5.74, 6) is 0.242. The van der Waals surface area contributed by atoms with Crippen LogP contribution in [-0.2, 0) is 9.59 Å². The molecule has 1 saturated heterocycles. The van der Waals surface area contributed by atoms with Crippen molar-refractivity contribution in [3.63, 3.8) is 0 Å². The Balaban J connectivity index is 1.33. The molecular weight excluding hydrogens is 547 g/mol. The smallest absolute Gasteiger partial charge is 0.293 e. The summed E-state index contributed by atoms with van der Waals surface area (Å²) in [7, 11) is 0. The molecule has 0 saturated carbocycles. The minimum atomic E-state index is -0.395. The zero-order chi connectivity index (χ0) is 27.2. The van der Waals surface area contributed by atoms with Crippen LogP contribution in [0.2, 0.25) is 10.0 Å². The molecule has 1 aliphatic rings. The Labute approximate surface area is 234 Å². The van der Waals surface area contributed by atoms with Gasteiger partial charge >= 0.3 is 0 Å². The number of imide groups is 1. The number of carbonyl (C=O) groups excluding carboxylic acids is 3. The standard InChI is InChI=1S/C28H24Cl2N2O5S/c1-17-7-8-18(2)24(13-17)36-12-11-32-27(34)25(38-28(32)35)15-19-9-10-23(21(30)14-19)37-16-26(33)31-22-6-4-3-5-20(22)29/h3-10,13-15H,11-12,16H2,1-2H3,(H,31,33)/b25-15-. The maximum absolute atomic E-state index is 12.8. The van der Waals surface area contributed by atoms with E-state index in [1.807, 2.05) is 32.0 Å². The molecule has 38 heavy (non-hydrogen) atoms. The first-order valence-corrected chi connectivity index (χ1v) is 13.2. The van der Waals surface area contributed by atoms with Crippen molar-refractivity contribution in [2.45, 2.75) is 13.8 Å². The molecule has 7 nitrogen and oxygen atoms in total. The van der Waals surface area contributed by atoms with Crippen molar-refractivity contribution in [3.05, 3.63) is 92.3 Å². The van der Waals surface area contributed by atoms with Crippen molar-refractivity contribution in [2.24, 2.45) is 0 Å². The van der Waals surface area contributed by atoms with Gasteiger partial charge in [0.05, 0.1) is 27.2 Å². The first kappa shape index (κ1) is 27.6. The molecule has 0 aliphatic carbocycles. The van der Waals surface area contributed by atoms with Gasteiger partial charge in [-0.2, -0.15) is 0 Å². The number of aryl methyl sites for hydroxylation is 2. The fourth-order valence-electron chi connectivity index (χ4n) is 3.57. The Morgan fingerprint density at radius 2 is 1.76 bits per heavy atom. The Hall–Kier alpha value is -3.46. The van der Waals surface area contributed by atoms with Crippen LogP contribution in [0.3, 0.4) is 0 Å². The van der Waals surface area contributed by atoms with Crippen LogP contribution in [0.25, 0.3) is 6.08 Å². The van der Waals surface area contributed by atoms with Crippen LogP contribution in [0, 0.1) is 13.8 Å². The summed E-state index contributed by atoms with van der Waals surface area (Å²) in [6.07, 6.45) is 1.59. The summed E-state index contributed by atoms with van der Waals surface area (Å²) in [4.78, 5) is 38.9. The highest BCUT2D eigenvalue weighted by Crippen LogP contribution is 2.34. The van der Waals surface area contributed by atoms with Gasteiger partial charge in [0.1, 0.15) is 18.1 Å². The van der Waals surface area contributed by atoms with Crippen molar-refractivity contribution in [3.8, 4) is 11.5 Å². The number of amides is 3. The Kier molecular flexibility index (Phi) is 8.99. The Bertz CT molecular complexity index is 1430. The van der Waals surface area contributed by atoms with Gasteiger partial charge in [0, 0.05) is 0 Å². The Morgan fingerprint density at radius 1 is 0.974 bits per heavy atom. The van der Waals surface area contributed by atoms with E-state index in [9.17, 15) is 14.4 Å². The van der Waals surface area contributed by atoms with Crippen molar-refractivity contribution >= 4 is 63.8 Å². The van der Waals surface area contributed by atoms with Crippen LogP contribution in [0.1, 0.15) is 16.7 Å². The highest BCUT2D eigenvalue weighted by Gasteiger charge is 2.34. The first-order valence-electron chi connectivity index (χ1n) is 11.6. The average molecular weight is 571 g/mol. The number of nitrogens with one attached hydrogen (secondary N) is 1. The number of hydrogen-bond donors (Lipinski definition) is 1. The van der Waals surface area contributed by atoms with Crippen LogP contribution in [0.15, 0.2) is 65.6 Å². The summed E-state index contributed by atoms with van der Waals surface area (Å²) in [6.45, 7) is 3.97. The maximum atomic E-state index is 12.8. The number of hydrogen-bond acceptors (Lipinski definition) is 6. The number of halogens is 2. The molecule has 4 rings (SSSR count). The Morgan fingerprint density at radius 3 is 2.53 bits per heavy atom.